The Labute approximate surface area is 192 Å². The second-order valence-electron chi connectivity index (χ2n) is 8.88. The highest BCUT2D eigenvalue weighted by atomic mass is 16.7. The Balaban J connectivity index is 2.00. The van der Waals surface area contributed by atoms with Gasteiger partial charge in [-0.3, -0.25) is 5.43 Å². The SMILES string of the molecule is CCCCC(CC(C)O)ON1N=C(c2cccc(C)c2C)C=C(c2cccc(C)c2C)N1. The standard InChI is InChI=1S/C27H37N3O2/c1-7-8-13-23(16-20(4)31)32-30-28-26(24-14-9-11-18(2)21(24)5)17-27(29-30)25-15-10-12-19(3)22(25)6/h9-12,14-15,17,20,23,28,31H,7-8,13,16H2,1-6H3. The monoisotopic (exact) mass is 435 g/mol. The largest absolute Gasteiger partial charge is 0.393 e. The first-order valence-electron chi connectivity index (χ1n) is 11.6. The highest BCUT2D eigenvalue weighted by Crippen LogP contribution is 2.26. The fourth-order valence-corrected chi connectivity index (χ4v) is 3.98. The number of hydrogen-bond donors (Lipinski definition) is 2. The molecule has 3 rings (SSSR count). The van der Waals surface area contributed by atoms with Crippen LogP contribution in [0.2, 0.25) is 0 Å². The van der Waals surface area contributed by atoms with Crippen molar-refractivity contribution in [2.24, 2.45) is 5.10 Å². The van der Waals surface area contributed by atoms with Crippen molar-refractivity contribution in [3.05, 3.63) is 75.9 Å². The van der Waals surface area contributed by atoms with E-state index in [9.17, 15) is 5.11 Å². The average molecular weight is 436 g/mol. The summed E-state index contributed by atoms with van der Waals surface area (Å²) in [6, 6.07) is 12.6. The highest BCUT2D eigenvalue weighted by molar-refractivity contribution is 6.13. The van der Waals surface area contributed by atoms with Gasteiger partial charge < -0.3 is 5.11 Å². The molecule has 0 fully saturated rings. The van der Waals surface area contributed by atoms with E-state index in [0.717, 1.165) is 41.8 Å². The predicted molar refractivity (Wildman–Crippen MR) is 132 cm³/mol. The van der Waals surface area contributed by atoms with E-state index < -0.39 is 6.10 Å². The van der Waals surface area contributed by atoms with Gasteiger partial charge in [-0.25, -0.2) is 4.84 Å². The van der Waals surface area contributed by atoms with Crippen molar-refractivity contribution in [3.63, 3.8) is 0 Å². The Morgan fingerprint density at radius 2 is 1.62 bits per heavy atom. The minimum absolute atomic E-state index is 0.121. The molecule has 0 amide bonds. The van der Waals surface area contributed by atoms with Gasteiger partial charge in [-0.1, -0.05) is 61.4 Å². The van der Waals surface area contributed by atoms with E-state index in [2.05, 4.69) is 82.5 Å². The Morgan fingerprint density at radius 3 is 2.25 bits per heavy atom. The van der Waals surface area contributed by atoms with Gasteiger partial charge in [-0.2, -0.15) is 0 Å². The number of aliphatic hydroxyl groups is 1. The first-order valence-corrected chi connectivity index (χ1v) is 11.6. The van der Waals surface area contributed by atoms with Crippen LogP contribution in [0.15, 0.2) is 47.6 Å². The molecule has 0 aliphatic carbocycles. The zero-order valence-electron chi connectivity index (χ0n) is 20.3. The lowest BCUT2D eigenvalue weighted by molar-refractivity contribution is -0.228. The number of hydrazone groups is 1. The first-order chi connectivity index (χ1) is 15.3. The summed E-state index contributed by atoms with van der Waals surface area (Å²) in [5, 5.41) is 16.3. The van der Waals surface area contributed by atoms with Gasteiger partial charge in [0.25, 0.3) is 0 Å². The number of benzene rings is 2. The summed E-state index contributed by atoms with van der Waals surface area (Å²) in [6.07, 6.45) is 5.10. The number of nitrogens with one attached hydrogen (secondary N) is 1. The molecule has 2 atom stereocenters. The predicted octanol–water partition coefficient (Wildman–Crippen LogP) is 5.75. The minimum atomic E-state index is -0.432. The van der Waals surface area contributed by atoms with Crippen LogP contribution >= 0.6 is 0 Å². The number of hydrogen-bond acceptors (Lipinski definition) is 5. The molecule has 1 aliphatic rings. The van der Waals surface area contributed by atoms with Gasteiger partial charge in [0, 0.05) is 17.5 Å². The van der Waals surface area contributed by atoms with E-state index in [1.807, 2.05) is 0 Å². The van der Waals surface area contributed by atoms with Crippen LogP contribution in [0.3, 0.4) is 0 Å². The van der Waals surface area contributed by atoms with E-state index in [1.54, 1.807) is 6.92 Å². The normalized spacial score (nSPS) is 15.7. The number of hydrazine groups is 1. The van der Waals surface area contributed by atoms with Crippen molar-refractivity contribution in [2.75, 3.05) is 0 Å². The lowest BCUT2D eigenvalue weighted by Gasteiger charge is -2.31. The number of aryl methyl sites for hydroxylation is 2. The van der Waals surface area contributed by atoms with Crippen molar-refractivity contribution in [1.29, 1.82) is 0 Å². The van der Waals surface area contributed by atoms with Crippen molar-refractivity contribution in [2.45, 2.75) is 79.4 Å². The Morgan fingerprint density at radius 1 is 1.00 bits per heavy atom. The van der Waals surface area contributed by atoms with Crippen LogP contribution in [0.5, 0.6) is 0 Å². The van der Waals surface area contributed by atoms with Crippen LogP contribution in [0.1, 0.15) is 72.9 Å². The van der Waals surface area contributed by atoms with Gasteiger partial charge in [-0.15, -0.1) is 5.10 Å². The van der Waals surface area contributed by atoms with Gasteiger partial charge in [0.05, 0.1) is 23.6 Å². The van der Waals surface area contributed by atoms with Crippen LogP contribution in [-0.2, 0) is 4.84 Å². The third kappa shape index (κ3) is 5.78. The third-order valence-corrected chi connectivity index (χ3v) is 6.20. The molecule has 2 aromatic rings. The molecule has 32 heavy (non-hydrogen) atoms. The first kappa shape index (κ1) is 24.0. The van der Waals surface area contributed by atoms with Crippen molar-refractivity contribution in [1.82, 2.24) is 10.7 Å². The molecule has 5 heteroatoms. The van der Waals surface area contributed by atoms with Crippen LogP contribution in [0, 0.1) is 27.7 Å². The maximum Gasteiger partial charge on any atom is 0.0974 e. The summed E-state index contributed by atoms with van der Waals surface area (Å²) in [4.78, 5) is 6.28. The molecule has 172 valence electrons. The smallest absolute Gasteiger partial charge is 0.0974 e. The van der Waals surface area contributed by atoms with Crippen molar-refractivity contribution >= 4 is 11.4 Å². The highest BCUT2D eigenvalue weighted by Gasteiger charge is 2.23. The Hall–Kier alpha value is -2.63. The van der Waals surface area contributed by atoms with Crippen molar-refractivity contribution < 1.29 is 9.94 Å². The average Bonchev–Trinajstić information content (AvgIpc) is 2.75. The maximum atomic E-state index is 9.98. The fraction of sp³-hybridized carbons (Fsp3) is 0.444. The second kappa shape index (κ2) is 10.8. The molecule has 2 aromatic carbocycles. The van der Waals surface area contributed by atoms with E-state index in [-0.39, 0.29) is 6.10 Å². The lowest BCUT2D eigenvalue weighted by Crippen LogP contribution is -2.40. The zero-order valence-corrected chi connectivity index (χ0v) is 20.3. The maximum absolute atomic E-state index is 9.98. The fourth-order valence-electron chi connectivity index (χ4n) is 3.98. The molecular weight excluding hydrogens is 398 g/mol. The molecule has 1 heterocycles. The molecule has 0 aromatic heterocycles. The Bertz CT molecular complexity index is 994. The topological polar surface area (TPSA) is 57.1 Å². The molecule has 5 nitrogen and oxygen atoms in total. The Kier molecular flexibility index (Phi) is 8.10. The summed E-state index contributed by atoms with van der Waals surface area (Å²) in [5.41, 5.74) is 12.3. The molecule has 1 aliphatic heterocycles. The van der Waals surface area contributed by atoms with Gasteiger partial charge >= 0.3 is 0 Å². The van der Waals surface area contributed by atoms with Crippen molar-refractivity contribution in [3.8, 4) is 0 Å². The van der Waals surface area contributed by atoms with E-state index in [0.29, 0.717) is 6.42 Å². The quantitative estimate of drug-likeness (QED) is 0.527. The molecule has 2 N–H and O–H groups in total. The number of aliphatic hydroxyl groups excluding tert-OH is 1. The molecule has 0 saturated heterocycles. The van der Waals surface area contributed by atoms with E-state index >= 15 is 0 Å². The van der Waals surface area contributed by atoms with E-state index in [4.69, 9.17) is 9.94 Å². The number of allylic oxidation sites excluding steroid dienone is 1. The molecule has 2 unspecified atom stereocenters. The summed E-state index contributed by atoms with van der Waals surface area (Å²) >= 11 is 0. The summed E-state index contributed by atoms with van der Waals surface area (Å²) in [5.74, 6) is 0. The number of nitrogens with zero attached hydrogens (tertiary/aromatic N) is 2. The summed E-state index contributed by atoms with van der Waals surface area (Å²) in [6.45, 7) is 12.5. The number of rotatable bonds is 9. The lowest BCUT2D eigenvalue weighted by atomic mass is 9.96. The second-order valence-corrected chi connectivity index (χ2v) is 8.88. The minimum Gasteiger partial charge on any atom is -0.393 e. The van der Waals surface area contributed by atoms with Crippen LogP contribution in [0.25, 0.3) is 5.70 Å². The van der Waals surface area contributed by atoms with Gasteiger partial charge in [0.1, 0.15) is 0 Å². The van der Waals surface area contributed by atoms with Crippen LogP contribution in [0.4, 0.5) is 0 Å². The molecular formula is C27H37N3O2. The van der Waals surface area contributed by atoms with Gasteiger partial charge in [0.15, 0.2) is 0 Å². The molecule has 0 saturated carbocycles. The zero-order chi connectivity index (χ0) is 23.3. The molecule has 0 radical (unpaired) electrons. The number of unbranched alkanes of at least 4 members (excludes halogenated alkanes) is 1. The molecule has 0 bridgehead atoms. The van der Waals surface area contributed by atoms with Crippen LogP contribution < -0.4 is 5.43 Å². The van der Waals surface area contributed by atoms with Gasteiger partial charge in [0.2, 0.25) is 0 Å². The molecule has 0 spiro atoms. The summed E-state index contributed by atoms with van der Waals surface area (Å²) < 4.78 is 0. The third-order valence-electron chi connectivity index (χ3n) is 6.20. The van der Waals surface area contributed by atoms with Crippen LogP contribution in [-0.4, -0.2) is 28.3 Å². The van der Waals surface area contributed by atoms with E-state index in [1.165, 1.54) is 27.5 Å². The van der Waals surface area contributed by atoms with Gasteiger partial charge in [-0.05, 0) is 69.4 Å². The summed E-state index contributed by atoms with van der Waals surface area (Å²) in [7, 11) is 0.